The number of amides is 1. The van der Waals surface area contributed by atoms with E-state index in [9.17, 15) is 9.90 Å². The molecule has 11 heavy (non-hydrogen) atoms. The molecule has 0 N–H and O–H groups in total. The summed E-state index contributed by atoms with van der Waals surface area (Å²) in [5.41, 5.74) is 0. The fourth-order valence-corrected chi connectivity index (χ4v) is 1.39. The Kier molecular flexibility index (Phi) is 3.36. The molecule has 1 aliphatic heterocycles. The standard InChI is InChI=1S/C8H14NO2/c10-7-6-9-5-3-1-2-4-8(9)11/h1-7H2. The maximum absolute atomic E-state index is 11.2. The van der Waals surface area contributed by atoms with Crippen LogP contribution in [0.5, 0.6) is 0 Å². The van der Waals surface area contributed by atoms with Crippen molar-refractivity contribution >= 4 is 5.91 Å². The molecule has 3 nitrogen and oxygen atoms in total. The summed E-state index contributed by atoms with van der Waals surface area (Å²) in [4.78, 5) is 12.9. The van der Waals surface area contributed by atoms with Crippen molar-refractivity contribution in [2.45, 2.75) is 25.7 Å². The summed E-state index contributed by atoms with van der Waals surface area (Å²) in [6, 6.07) is 0. The van der Waals surface area contributed by atoms with Crippen LogP contribution in [0.25, 0.3) is 0 Å². The monoisotopic (exact) mass is 156 g/mol. The molecule has 1 rings (SSSR count). The number of nitrogens with zero attached hydrogens (tertiary/aromatic N) is 1. The molecule has 0 bridgehead atoms. The second kappa shape index (κ2) is 4.34. The fraction of sp³-hybridized carbons (Fsp3) is 0.875. The van der Waals surface area contributed by atoms with Crippen molar-refractivity contribution in [2.75, 3.05) is 19.7 Å². The summed E-state index contributed by atoms with van der Waals surface area (Å²) in [5, 5.41) is 10.3. The molecular weight excluding hydrogens is 142 g/mol. The predicted molar refractivity (Wildman–Crippen MR) is 40.6 cm³/mol. The van der Waals surface area contributed by atoms with Crippen LogP contribution < -0.4 is 0 Å². The first kappa shape index (κ1) is 8.53. The van der Waals surface area contributed by atoms with Crippen LogP contribution in [0.15, 0.2) is 0 Å². The highest BCUT2D eigenvalue weighted by atomic mass is 16.3. The summed E-state index contributed by atoms with van der Waals surface area (Å²) < 4.78 is 0. The Morgan fingerprint density at radius 1 is 1.27 bits per heavy atom. The van der Waals surface area contributed by atoms with E-state index < -0.39 is 0 Å². The number of hydrogen-bond donors (Lipinski definition) is 0. The molecule has 0 aliphatic carbocycles. The van der Waals surface area contributed by atoms with Crippen molar-refractivity contribution in [3.8, 4) is 0 Å². The van der Waals surface area contributed by atoms with E-state index in [2.05, 4.69) is 0 Å². The Morgan fingerprint density at radius 2 is 2.09 bits per heavy atom. The topological polar surface area (TPSA) is 40.2 Å². The molecule has 1 amide bonds. The minimum atomic E-state index is -0.161. The Hall–Kier alpha value is -0.570. The molecule has 0 atom stereocenters. The van der Waals surface area contributed by atoms with Gasteiger partial charge in [-0.3, -0.25) is 4.79 Å². The van der Waals surface area contributed by atoms with Crippen LogP contribution in [-0.4, -0.2) is 30.5 Å². The van der Waals surface area contributed by atoms with Gasteiger partial charge in [-0.05, 0) is 12.8 Å². The van der Waals surface area contributed by atoms with Crippen LogP contribution in [-0.2, 0) is 9.90 Å². The summed E-state index contributed by atoms with van der Waals surface area (Å²) in [5.74, 6) is 0.165. The summed E-state index contributed by atoms with van der Waals surface area (Å²) in [7, 11) is 0. The van der Waals surface area contributed by atoms with Gasteiger partial charge < -0.3 is 4.90 Å². The van der Waals surface area contributed by atoms with Gasteiger partial charge >= 0.3 is 0 Å². The van der Waals surface area contributed by atoms with Crippen LogP contribution in [0, 0.1) is 0 Å². The van der Waals surface area contributed by atoms with Gasteiger partial charge in [-0.15, -0.1) is 0 Å². The zero-order chi connectivity index (χ0) is 8.10. The van der Waals surface area contributed by atoms with Crippen LogP contribution in [0.1, 0.15) is 25.7 Å². The number of carbonyl (C=O) groups excluding carboxylic acids is 1. The van der Waals surface area contributed by atoms with Crippen molar-refractivity contribution in [1.29, 1.82) is 0 Å². The highest BCUT2D eigenvalue weighted by molar-refractivity contribution is 5.76. The second-order valence-electron chi connectivity index (χ2n) is 2.90. The molecule has 63 valence electrons. The van der Waals surface area contributed by atoms with Gasteiger partial charge in [-0.25, -0.2) is 5.11 Å². The van der Waals surface area contributed by atoms with E-state index in [1.807, 2.05) is 0 Å². The lowest BCUT2D eigenvalue weighted by Gasteiger charge is -2.17. The van der Waals surface area contributed by atoms with Gasteiger partial charge in [0, 0.05) is 19.5 Å². The number of rotatable bonds is 2. The third-order valence-electron chi connectivity index (χ3n) is 2.03. The summed E-state index contributed by atoms with van der Waals surface area (Å²) in [6.45, 7) is 1.03. The molecule has 1 heterocycles. The third-order valence-corrected chi connectivity index (χ3v) is 2.03. The van der Waals surface area contributed by atoms with E-state index in [1.165, 1.54) is 0 Å². The molecule has 0 spiro atoms. The zero-order valence-corrected chi connectivity index (χ0v) is 6.71. The van der Waals surface area contributed by atoms with E-state index >= 15 is 0 Å². The van der Waals surface area contributed by atoms with Crippen LogP contribution >= 0.6 is 0 Å². The van der Waals surface area contributed by atoms with Gasteiger partial charge in [0.25, 0.3) is 0 Å². The molecule has 1 saturated heterocycles. The second-order valence-corrected chi connectivity index (χ2v) is 2.90. The Labute approximate surface area is 67.0 Å². The van der Waals surface area contributed by atoms with Crippen molar-refractivity contribution in [2.24, 2.45) is 0 Å². The van der Waals surface area contributed by atoms with Crippen LogP contribution in [0.4, 0.5) is 0 Å². The van der Waals surface area contributed by atoms with Gasteiger partial charge in [0.2, 0.25) is 5.91 Å². The SMILES string of the molecule is [O]CCN1CCCCCC1=O. The van der Waals surface area contributed by atoms with Gasteiger partial charge in [-0.2, -0.15) is 0 Å². The fourth-order valence-electron chi connectivity index (χ4n) is 1.39. The highest BCUT2D eigenvalue weighted by Crippen LogP contribution is 2.10. The largest absolute Gasteiger partial charge is 0.340 e. The molecule has 3 heteroatoms. The van der Waals surface area contributed by atoms with Crippen LogP contribution in [0.3, 0.4) is 0 Å². The van der Waals surface area contributed by atoms with Crippen LogP contribution in [0.2, 0.25) is 0 Å². The van der Waals surface area contributed by atoms with Crippen molar-refractivity contribution in [3.05, 3.63) is 0 Å². The summed E-state index contributed by atoms with van der Waals surface area (Å²) in [6.07, 6.45) is 3.82. The molecule has 0 aromatic heterocycles. The minimum Gasteiger partial charge on any atom is -0.340 e. The first-order chi connectivity index (χ1) is 5.34. The van der Waals surface area contributed by atoms with Crippen molar-refractivity contribution in [1.82, 2.24) is 4.90 Å². The minimum absolute atomic E-state index is 0.161. The first-order valence-electron chi connectivity index (χ1n) is 4.20. The number of hydrogen-bond acceptors (Lipinski definition) is 1. The molecule has 0 saturated carbocycles. The van der Waals surface area contributed by atoms with E-state index in [1.54, 1.807) is 4.90 Å². The van der Waals surface area contributed by atoms with Crippen molar-refractivity contribution < 1.29 is 9.90 Å². The lowest BCUT2D eigenvalue weighted by Crippen LogP contribution is -2.32. The van der Waals surface area contributed by atoms with Gasteiger partial charge in [0.1, 0.15) is 0 Å². The Balaban J connectivity index is 2.39. The first-order valence-corrected chi connectivity index (χ1v) is 4.20. The normalized spacial score (nSPS) is 20.1. The lowest BCUT2D eigenvalue weighted by atomic mass is 10.2. The van der Waals surface area contributed by atoms with Crippen molar-refractivity contribution in [3.63, 3.8) is 0 Å². The Bertz CT molecular complexity index is 136. The zero-order valence-electron chi connectivity index (χ0n) is 6.71. The summed E-state index contributed by atoms with van der Waals surface area (Å²) >= 11 is 0. The molecule has 1 radical (unpaired) electrons. The maximum Gasteiger partial charge on any atom is 0.222 e. The lowest BCUT2D eigenvalue weighted by molar-refractivity contribution is -0.131. The molecule has 1 aliphatic rings. The maximum atomic E-state index is 11.2. The Morgan fingerprint density at radius 3 is 2.82 bits per heavy atom. The molecular formula is C8H14NO2. The third kappa shape index (κ3) is 2.50. The van der Waals surface area contributed by atoms with E-state index in [-0.39, 0.29) is 12.5 Å². The number of likely N-dealkylation sites (tertiary alicyclic amines) is 1. The average Bonchev–Trinajstić information content (AvgIpc) is 2.18. The highest BCUT2D eigenvalue weighted by Gasteiger charge is 2.15. The smallest absolute Gasteiger partial charge is 0.222 e. The van der Waals surface area contributed by atoms with E-state index in [4.69, 9.17) is 0 Å². The quantitative estimate of drug-likeness (QED) is 0.583. The van der Waals surface area contributed by atoms with E-state index in [0.717, 1.165) is 25.8 Å². The molecule has 0 aromatic rings. The van der Waals surface area contributed by atoms with Gasteiger partial charge in [0.05, 0.1) is 6.61 Å². The molecule has 0 unspecified atom stereocenters. The van der Waals surface area contributed by atoms with Gasteiger partial charge in [-0.1, -0.05) is 6.42 Å². The average molecular weight is 156 g/mol. The predicted octanol–water partition coefficient (Wildman–Crippen LogP) is 0.820. The van der Waals surface area contributed by atoms with Gasteiger partial charge in [0.15, 0.2) is 0 Å². The number of carbonyl (C=O) groups is 1. The molecule has 0 aromatic carbocycles. The molecule has 1 fully saturated rings. The van der Waals surface area contributed by atoms with E-state index in [0.29, 0.717) is 13.0 Å².